The van der Waals surface area contributed by atoms with Crippen LogP contribution in [0, 0.1) is 0 Å². The van der Waals surface area contributed by atoms with E-state index in [2.05, 4.69) is 26.0 Å². The van der Waals surface area contributed by atoms with E-state index in [1.807, 2.05) is 12.1 Å². The van der Waals surface area contributed by atoms with Gasteiger partial charge in [-0.2, -0.15) is 0 Å². The van der Waals surface area contributed by atoms with Gasteiger partial charge < -0.3 is 5.11 Å². The molecule has 1 nitrogen and oxygen atoms in total. The maximum atomic E-state index is 10.1. The van der Waals surface area contributed by atoms with Crippen LogP contribution in [0.15, 0.2) is 24.3 Å². The van der Waals surface area contributed by atoms with Crippen molar-refractivity contribution in [2.45, 2.75) is 96.8 Å². The number of phenols is 1. The van der Waals surface area contributed by atoms with E-state index in [0.29, 0.717) is 11.7 Å². The summed E-state index contributed by atoms with van der Waals surface area (Å²) in [5.41, 5.74) is 1.17. The van der Waals surface area contributed by atoms with Crippen LogP contribution < -0.4 is 0 Å². The van der Waals surface area contributed by atoms with Crippen molar-refractivity contribution < 1.29 is 5.11 Å². The van der Waals surface area contributed by atoms with Gasteiger partial charge >= 0.3 is 0 Å². The van der Waals surface area contributed by atoms with Crippen molar-refractivity contribution >= 4 is 0 Å². The molecule has 0 radical (unpaired) electrons. The minimum atomic E-state index is 0.493. The number of aromatic hydroxyl groups is 1. The van der Waals surface area contributed by atoms with Crippen LogP contribution in [0.1, 0.15) is 102 Å². The molecular formula is C21H36O. The molecule has 0 aliphatic heterocycles. The van der Waals surface area contributed by atoms with E-state index >= 15 is 0 Å². The van der Waals surface area contributed by atoms with Gasteiger partial charge in [-0.25, -0.2) is 0 Å². The molecule has 0 aliphatic rings. The number of hydrogen-bond acceptors (Lipinski definition) is 1. The lowest BCUT2D eigenvalue weighted by Gasteiger charge is -2.18. The van der Waals surface area contributed by atoms with Gasteiger partial charge in [-0.1, -0.05) is 96.3 Å². The van der Waals surface area contributed by atoms with Gasteiger partial charge in [0.05, 0.1) is 0 Å². The smallest absolute Gasteiger partial charge is 0.119 e. The van der Waals surface area contributed by atoms with E-state index in [4.69, 9.17) is 0 Å². The van der Waals surface area contributed by atoms with Crippen LogP contribution in [-0.4, -0.2) is 5.11 Å². The molecule has 0 saturated heterocycles. The van der Waals surface area contributed by atoms with E-state index in [9.17, 15) is 5.11 Å². The van der Waals surface area contributed by atoms with Crippen molar-refractivity contribution in [3.63, 3.8) is 0 Å². The minimum Gasteiger partial charge on any atom is -0.508 e. The maximum Gasteiger partial charge on any atom is 0.119 e. The number of phenolic OH excluding ortho intramolecular Hbond substituents is 1. The standard InChI is InChI=1S/C21H36O/c1-3-5-7-8-9-10-12-16-19(15-11-6-4-2)20-17-13-14-18-21(20)22/h13-14,17-19,22H,3-12,15-16H2,1-2H3. The second kappa shape index (κ2) is 12.6. The molecule has 1 N–H and O–H groups in total. The summed E-state index contributed by atoms with van der Waals surface area (Å²) in [7, 11) is 0. The number of hydrogen-bond donors (Lipinski definition) is 1. The highest BCUT2D eigenvalue weighted by Crippen LogP contribution is 2.33. The van der Waals surface area contributed by atoms with E-state index < -0.39 is 0 Å². The Morgan fingerprint density at radius 1 is 0.727 bits per heavy atom. The minimum absolute atomic E-state index is 0.493. The third kappa shape index (κ3) is 7.87. The first-order valence-electron chi connectivity index (χ1n) is 9.57. The molecular weight excluding hydrogens is 268 g/mol. The van der Waals surface area contributed by atoms with Crippen molar-refractivity contribution in [3.8, 4) is 5.75 Å². The summed E-state index contributed by atoms with van der Waals surface area (Å²) in [5.74, 6) is 1.04. The van der Waals surface area contributed by atoms with Gasteiger partial charge in [-0.3, -0.25) is 0 Å². The van der Waals surface area contributed by atoms with Crippen LogP contribution in [0.2, 0.25) is 0 Å². The Morgan fingerprint density at radius 3 is 1.86 bits per heavy atom. The van der Waals surface area contributed by atoms with Crippen LogP contribution in [0.4, 0.5) is 0 Å². The third-order valence-electron chi connectivity index (χ3n) is 4.69. The monoisotopic (exact) mass is 304 g/mol. The van der Waals surface area contributed by atoms with Gasteiger partial charge in [0.2, 0.25) is 0 Å². The molecule has 1 aromatic rings. The molecule has 1 aromatic carbocycles. The van der Waals surface area contributed by atoms with Gasteiger partial charge in [0, 0.05) is 0 Å². The van der Waals surface area contributed by atoms with Gasteiger partial charge in [0.1, 0.15) is 5.75 Å². The van der Waals surface area contributed by atoms with Crippen LogP contribution in [0.3, 0.4) is 0 Å². The molecule has 0 bridgehead atoms. The van der Waals surface area contributed by atoms with Crippen molar-refractivity contribution in [2.75, 3.05) is 0 Å². The highest BCUT2D eigenvalue weighted by molar-refractivity contribution is 5.34. The average molecular weight is 305 g/mol. The predicted octanol–water partition coefficient (Wildman–Crippen LogP) is 7.20. The first kappa shape index (κ1) is 19.1. The summed E-state index contributed by atoms with van der Waals surface area (Å²) in [6.45, 7) is 4.53. The lowest BCUT2D eigenvalue weighted by molar-refractivity contribution is 0.440. The van der Waals surface area contributed by atoms with Gasteiger partial charge in [-0.15, -0.1) is 0 Å². The summed E-state index contributed by atoms with van der Waals surface area (Å²) in [5, 5.41) is 10.1. The topological polar surface area (TPSA) is 20.2 Å². The molecule has 1 rings (SSSR count). The van der Waals surface area contributed by atoms with Crippen molar-refractivity contribution in [1.82, 2.24) is 0 Å². The second-order valence-electron chi connectivity index (χ2n) is 6.66. The zero-order valence-corrected chi connectivity index (χ0v) is 14.8. The third-order valence-corrected chi connectivity index (χ3v) is 4.69. The lowest BCUT2D eigenvalue weighted by Crippen LogP contribution is -2.00. The quantitative estimate of drug-likeness (QED) is 0.382. The van der Waals surface area contributed by atoms with Crippen LogP contribution in [0.25, 0.3) is 0 Å². The van der Waals surface area contributed by atoms with Gasteiger partial charge in [-0.05, 0) is 30.4 Å². The molecule has 0 aromatic heterocycles. The number of benzene rings is 1. The number of rotatable bonds is 13. The van der Waals surface area contributed by atoms with Crippen LogP contribution in [-0.2, 0) is 0 Å². The molecule has 22 heavy (non-hydrogen) atoms. The Morgan fingerprint density at radius 2 is 1.23 bits per heavy atom. The Bertz CT molecular complexity index is 372. The van der Waals surface area contributed by atoms with Gasteiger partial charge in [0.25, 0.3) is 0 Å². The van der Waals surface area contributed by atoms with Crippen molar-refractivity contribution in [2.24, 2.45) is 0 Å². The zero-order chi connectivity index (χ0) is 16.0. The Balaban J connectivity index is 2.37. The van der Waals surface area contributed by atoms with Crippen LogP contribution in [0.5, 0.6) is 5.75 Å². The van der Waals surface area contributed by atoms with Crippen molar-refractivity contribution in [3.05, 3.63) is 29.8 Å². The largest absolute Gasteiger partial charge is 0.508 e. The predicted molar refractivity (Wildman–Crippen MR) is 97.6 cm³/mol. The van der Waals surface area contributed by atoms with Crippen molar-refractivity contribution in [1.29, 1.82) is 0 Å². The Hall–Kier alpha value is -0.980. The summed E-state index contributed by atoms with van der Waals surface area (Å²) >= 11 is 0. The molecule has 0 fully saturated rings. The molecule has 0 saturated carbocycles. The molecule has 0 spiro atoms. The molecule has 1 heteroatoms. The molecule has 0 amide bonds. The molecule has 1 atom stereocenters. The van der Waals surface area contributed by atoms with Crippen LogP contribution >= 0.6 is 0 Å². The van der Waals surface area contributed by atoms with E-state index in [1.54, 1.807) is 0 Å². The lowest BCUT2D eigenvalue weighted by atomic mass is 9.87. The Kier molecular flexibility index (Phi) is 10.9. The summed E-state index contributed by atoms with van der Waals surface area (Å²) in [6, 6.07) is 7.95. The zero-order valence-electron chi connectivity index (χ0n) is 14.8. The number of para-hydroxylation sites is 1. The fourth-order valence-corrected chi connectivity index (χ4v) is 3.28. The van der Waals surface area contributed by atoms with Gasteiger partial charge in [0.15, 0.2) is 0 Å². The maximum absolute atomic E-state index is 10.1. The second-order valence-corrected chi connectivity index (χ2v) is 6.66. The molecule has 0 heterocycles. The van der Waals surface area contributed by atoms with E-state index in [-0.39, 0.29) is 0 Å². The number of unbranched alkanes of at least 4 members (excludes halogenated alkanes) is 8. The molecule has 1 unspecified atom stereocenters. The average Bonchev–Trinajstić information content (AvgIpc) is 2.53. The molecule has 0 aliphatic carbocycles. The summed E-state index contributed by atoms with van der Waals surface area (Å²) in [4.78, 5) is 0. The van der Waals surface area contributed by atoms with E-state index in [1.165, 1.54) is 82.6 Å². The van der Waals surface area contributed by atoms with E-state index in [0.717, 1.165) is 0 Å². The normalized spacial score (nSPS) is 12.5. The fourth-order valence-electron chi connectivity index (χ4n) is 3.28. The molecule has 126 valence electrons. The highest BCUT2D eigenvalue weighted by atomic mass is 16.3. The Labute approximate surface area is 138 Å². The SMILES string of the molecule is CCCCCCCCCC(CCCCC)c1ccccc1O. The summed E-state index contributed by atoms with van der Waals surface area (Å²) in [6.07, 6.45) is 15.8. The first-order chi connectivity index (χ1) is 10.8. The fraction of sp³-hybridized carbons (Fsp3) is 0.714. The first-order valence-corrected chi connectivity index (χ1v) is 9.57. The highest BCUT2D eigenvalue weighted by Gasteiger charge is 2.14. The summed E-state index contributed by atoms with van der Waals surface area (Å²) < 4.78 is 0.